The van der Waals surface area contributed by atoms with Crippen molar-refractivity contribution >= 4 is 40.1 Å². The molecule has 0 aliphatic carbocycles. The average Bonchev–Trinajstić information content (AvgIpc) is 2.88. The number of nitrogens with zero attached hydrogens (tertiary/aromatic N) is 2. The van der Waals surface area contributed by atoms with Crippen LogP contribution in [0.4, 0.5) is 5.69 Å². The molecule has 0 aromatic heterocycles. The summed E-state index contributed by atoms with van der Waals surface area (Å²) in [6, 6.07) is 17.3. The first kappa shape index (κ1) is 16.9. The van der Waals surface area contributed by atoms with Crippen LogP contribution in [0.5, 0.6) is 0 Å². The highest BCUT2D eigenvalue weighted by Gasteiger charge is 2.46. The second-order valence-electron chi connectivity index (χ2n) is 5.62. The molecule has 2 aromatic rings. The van der Waals surface area contributed by atoms with Crippen LogP contribution in [0.1, 0.15) is 18.1 Å². The Morgan fingerprint density at radius 2 is 1.83 bits per heavy atom. The third-order valence-corrected chi connectivity index (χ3v) is 4.95. The summed E-state index contributed by atoms with van der Waals surface area (Å²) in [5, 5.41) is 2.17. The molecule has 124 valence electrons. The van der Waals surface area contributed by atoms with Crippen LogP contribution in [-0.4, -0.2) is 22.3 Å². The quantitative estimate of drug-likeness (QED) is 0.831. The molecule has 6 heteroatoms. The lowest BCUT2D eigenvalue weighted by Gasteiger charge is -2.24. The second-order valence-corrected chi connectivity index (χ2v) is 6.66. The highest BCUT2D eigenvalue weighted by Crippen LogP contribution is 2.35. The van der Waals surface area contributed by atoms with Gasteiger partial charge in [0.15, 0.2) is 10.7 Å². The fourth-order valence-electron chi connectivity index (χ4n) is 2.58. The normalized spacial score (nSPS) is 20.2. The zero-order chi connectivity index (χ0) is 17.2. The van der Waals surface area contributed by atoms with Gasteiger partial charge in [0, 0.05) is 5.88 Å². The zero-order valence-corrected chi connectivity index (χ0v) is 15.1. The van der Waals surface area contributed by atoms with E-state index < -0.39 is 5.54 Å². The lowest BCUT2D eigenvalue weighted by atomic mass is 9.92. The largest absolute Gasteiger partial charge is 0.289 e. The van der Waals surface area contributed by atoms with Crippen molar-refractivity contribution in [2.24, 2.45) is 4.99 Å². The first-order chi connectivity index (χ1) is 11.6. The fraction of sp³-hybridized carbons (Fsp3) is 0.222. The van der Waals surface area contributed by atoms with Gasteiger partial charge in [-0.05, 0) is 36.4 Å². The molecule has 0 fully saturated rings. The van der Waals surface area contributed by atoms with E-state index in [-0.39, 0.29) is 5.91 Å². The molecule has 1 aliphatic heterocycles. The van der Waals surface area contributed by atoms with Crippen LogP contribution in [0.2, 0.25) is 0 Å². The van der Waals surface area contributed by atoms with Gasteiger partial charge < -0.3 is 0 Å². The molecule has 1 unspecified atom stereocenters. The molecule has 1 heterocycles. The maximum Gasteiger partial charge on any atom is 0.279 e. The lowest BCUT2D eigenvalue weighted by Crippen LogP contribution is -2.42. The van der Waals surface area contributed by atoms with Gasteiger partial charge in [-0.1, -0.05) is 54.2 Å². The molecule has 0 radical (unpaired) electrons. The number of nitrogens with one attached hydrogen (secondary N) is 1. The summed E-state index contributed by atoms with van der Waals surface area (Å²) in [6.07, 6.45) is 1.91. The molecular weight excluding hydrogens is 342 g/mol. The minimum absolute atomic E-state index is 0.102. The van der Waals surface area contributed by atoms with Crippen LogP contribution >= 0.6 is 23.4 Å². The van der Waals surface area contributed by atoms with Gasteiger partial charge in [-0.3, -0.25) is 10.2 Å². The van der Waals surface area contributed by atoms with E-state index in [0.717, 1.165) is 16.8 Å². The number of para-hydroxylation sites is 1. The van der Waals surface area contributed by atoms with E-state index in [1.54, 1.807) is 0 Å². The molecule has 0 spiro atoms. The number of carbonyl (C=O) groups excluding carboxylic acids is 1. The maximum atomic E-state index is 13.1. The number of alkyl halides is 1. The molecular formula is C18H18ClN3OS. The van der Waals surface area contributed by atoms with E-state index in [9.17, 15) is 4.79 Å². The standard InChI is InChI=1S/C18H18ClN3OS/c1-18(14-10-8-13(12-19)9-11-14)16(23)22(17(20-18)24-2)21-15-6-4-3-5-7-15/h3-11,21H,12H2,1-2H3. The molecule has 1 N–H and O–H groups in total. The third kappa shape index (κ3) is 3.01. The van der Waals surface area contributed by atoms with Crippen molar-refractivity contribution in [3.05, 3.63) is 65.7 Å². The molecule has 2 aromatic carbocycles. The minimum Gasteiger partial charge on any atom is -0.289 e. The molecule has 0 bridgehead atoms. The first-order valence-electron chi connectivity index (χ1n) is 7.54. The SMILES string of the molecule is CSC1=NC(C)(c2ccc(CCl)cc2)C(=O)N1Nc1ccccc1. The predicted molar refractivity (Wildman–Crippen MR) is 101 cm³/mol. The Morgan fingerprint density at radius 3 is 2.42 bits per heavy atom. The van der Waals surface area contributed by atoms with Crippen LogP contribution in [0.15, 0.2) is 59.6 Å². The Balaban J connectivity index is 1.92. The predicted octanol–water partition coefficient (Wildman–Crippen LogP) is 4.23. The van der Waals surface area contributed by atoms with Gasteiger partial charge >= 0.3 is 0 Å². The Hall–Kier alpha value is -1.98. The number of anilines is 1. The molecule has 1 amide bonds. The first-order valence-corrected chi connectivity index (χ1v) is 9.30. The van der Waals surface area contributed by atoms with Crippen LogP contribution < -0.4 is 5.43 Å². The van der Waals surface area contributed by atoms with E-state index in [1.807, 2.05) is 67.8 Å². The molecule has 4 nitrogen and oxygen atoms in total. The second kappa shape index (κ2) is 6.87. The maximum absolute atomic E-state index is 13.1. The number of rotatable bonds is 4. The van der Waals surface area contributed by atoms with E-state index in [2.05, 4.69) is 10.4 Å². The van der Waals surface area contributed by atoms with Crippen LogP contribution in [-0.2, 0) is 16.2 Å². The summed E-state index contributed by atoms with van der Waals surface area (Å²) < 4.78 is 0. The van der Waals surface area contributed by atoms with Gasteiger partial charge in [0.2, 0.25) is 0 Å². The van der Waals surface area contributed by atoms with E-state index in [1.165, 1.54) is 16.8 Å². The summed E-state index contributed by atoms with van der Waals surface area (Å²) in [5.41, 5.74) is 4.92. The number of hydrogen-bond donors (Lipinski definition) is 1. The molecule has 1 aliphatic rings. The summed E-state index contributed by atoms with van der Waals surface area (Å²) in [5.74, 6) is 0.348. The van der Waals surface area contributed by atoms with E-state index in [0.29, 0.717) is 11.0 Å². The molecule has 0 saturated carbocycles. The number of amidine groups is 1. The van der Waals surface area contributed by atoms with E-state index >= 15 is 0 Å². The minimum atomic E-state index is -0.940. The summed E-state index contributed by atoms with van der Waals surface area (Å²) in [6.45, 7) is 1.84. The van der Waals surface area contributed by atoms with Crippen LogP contribution in [0.25, 0.3) is 0 Å². The Kier molecular flexibility index (Phi) is 4.83. The van der Waals surface area contributed by atoms with Crippen molar-refractivity contribution in [1.29, 1.82) is 0 Å². The Morgan fingerprint density at radius 1 is 1.17 bits per heavy atom. The summed E-state index contributed by atoms with van der Waals surface area (Å²) >= 11 is 7.28. The summed E-state index contributed by atoms with van der Waals surface area (Å²) in [7, 11) is 0. The van der Waals surface area contributed by atoms with Crippen molar-refractivity contribution in [3.8, 4) is 0 Å². The van der Waals surface area contributed by atoms with Crippen molar-refractivity contribution in [2.75, 3.05) is 11.7 Å². The summed E-state index contributed by atoms with van der Waals surface area (Å²) in [4.78, 5) is 17.7. The number of hydrogen-bond acceptors (Lipinski definition) is 4. The zero-order valence-electron chi connectivity index (χ0n) is 13.5. The highest BCUT2D eigenvalue weighted by atomic mass is 35.5. The van der Waals surface area contributed by atoms with Gasteiger partial charge in [-0.2, -0.15) is 5.01 Å². The molecule has 3 rings (SSSR count). The van der Waals surface area contributed by atoms with Crippen molar-refractivity contribution in [3.63, 3.8) is 0 Å². The number of carbonyl (C=O) groups is 1. The number of benzene rings is 2. The van der Waals surface area contributed by atoms with Crippen LogP contribution in [0, 0.1) is 0 Å². The number of hydrazine groups is 1. The lowest BCUT2D eigenvalue weighted by molar-refractivity contribution is -0.129. The van der Waals surface area contributed by atoms with Gasteiger partial charge in [-0.25, -0.2) is 4.99 Å². The fourth-order valence-corrected chi connectivity index (χ4v) is 3.34. The van der Waals surface area contributed by atoms with Gasteiger partial charge in [0.1, 0.15) is 0 Å². The van der Waals surface area contributed by atoms with Gasteiger partial charge in [0.05, 0.1) is 5.69 Å². The van der Waals surface area contributed by atoms with E-state index in [4.69, 9.17) is 11.6 Å². The number of amides is 1. The van der Waals surface area contributed by atoms with Crippen molar-refractivity contribution < 1.29 is 4.79 Å². The Bertz CT molecular complexity index is 764. The Labute approximate surface area is 150 Å². The smallest absolute Gasteiger partial charge is 0.279 e. The monoisotopic (exact) mass is 359 g/mol. The van der Waals surface area contributed by atoms with Crippen molar-refractivity contribution in [1.82, 2.24) is 5.01 Å². The third-order valence-electron chi connectivity index (χ3n) is 4.00. The highest BCUT2D eigenvalue weighted by molar-refractivity contribution is 8.13. The molecule has 1 atom stereocenters. The average molecular weight is 360 g/mol. The van der Waals surface area contributed by atoms with Gasteiger partial charge in [0.25, 0.3) is 5.91 Å². The number of thioether (sulfide) groups is 1. The topological polar surface area (TPSA) is 44.7 Å². The van der Waals surface area contributed by atoms with Crippen molar-refractivity contribution in [2.45, 2.75) is 18.3 Å². The number of aliphatic imine (C=N–C) groups is 1. The number of halogens is 1. The molecule has 0 saturated heterocycles. The van der Waals surface area contributed by atoms with Gasteiger partial charge in [-0.15, -0.1) is 11.6 Å². The molecule has 24 heavy (non-hydrogen) atoms. The van der Waals surface area contributed by atoms with Crippen LogP contribution in [0.3, 0.4) is 0 Å².